The summed E-state index contributed by atoms with van der Waals surface area (Å²) in [4.78, 5) is 24.3. The first kappa shape index (κ1) is 35.0. The van der Waals surface area contributed by atoms with Crippen LogP contribution in [0.2, 0.25) is 0 Å². The van der Waals surface area contributed by atoms with Gasteiger partial charge in [-0.25, -0.2) is 0 Å². The smallest absolute Gasteiger partial charge is 0.308 e. The molecule has 4 aliphatic carbocycles. The van der Waals surface area contributed by atoms with E-state index in [0.29, 0.717) is 23.8 Å². The average Bonchev–Trinajstić information content (AvgIpc) is 3.30. The molecule has 4 aliphatic rings. The first-order chi connectivity index (χ1) is 20.4. The van der Waals surface area contributed by atoms with Crippen LogP contribution in [0.3, 0.4) is 0 Å². The minimum absolute atomic E-state index is 0.00790. The van der Waals surface area contributed by atoms with Gasteiger partial charge in [0.05, 0.1) is 17.9 Å². The molecule has 0 aromatic carbocycles. The van der Waals surface area contributed by atoms with Crippen LogP contribution in [0.25, 0.3) is 0 Å². The van der Waals surface area contributed by atoms with Crippen LogP contribution < -0.4 is 5.32 Å². The standard InChI is InChI=1S/C37H62BrNO4/c1-24(2)9-8-10-25(3)31-13-14-32-30-12-11-28-22-29(15-18-36(28,6)33(30)16-19-37(31,32)7)43-35(41)21-27(5)42-20-17-26(4)39-34(40)23-38/h11,24-27,29-33H,8-10,12-23H2,1-7H3,(H,39,40). The summed E-state index contributed by atoms with van der Waals surface area (Å²) in [5, 5.41) is 3.21. The highest BCUT2D eigenvalue weighted by Crippen LogP contribution is 2.67. The molecule has 0 spiro atoms. The minimum atomic E-state index is -0.195. The van der Waals surface area contributed by atoms with Crippen molar-refractivity contribution < 1.29 is 19.1 Å². The number of amides is 1. The van der Waals surface area contributed by atoms with Crippen LogP contribution in [0.4, 0.5) is 0 Å². The maximum atomic E-state index is 12.8. The molecular weight excluding hydrogens is 602 g/mol. The fraction of sp³-hybridized carbons (Fsp3) is 0.892. The monoisotopic (exact) mass is 663 g/mol. The van der Waals surface area contributed by atoms with E-state index in [4.69, 9.17) is 9.47 Å². The second kappa shape index (κ2) is 15.1. The Morgan fingerprint density at radius 1 is 1.00 bits per heavy atom. The number of hydrogen-bond donors (Lipinski definition) is 1. The molecule has 4 rings (SSSR count). The highest BCUT2D eigenvalue weighted by molar-refractivity contribution is 9.09. The molecule has 1 amide bonds. The van der Waals surface area contributed by atoms with Gasteiger partial charge in [-0.1, -0.05) is 81.5 Å². The Bertz CT molecular complexity index is 982. The molecule has 0 aromatic heterocycles. The molecule has 5 nitrogen and oxygen atoms in total. The van der Waals surface area contributed by atoms with Crippen LogP contribution >= 0.6 is 15.9 Å². The van der Waals surface area contributed by atoms with E-state index >= 15 is 0 Å². The molecule has 10 unspecified atom stereocenters. The molecular formula is C37H62BrNO4. The predicted molar refractivity (Wildman–Crippen MR) is 179 cm³/mol. The van der Waals surface area contributed by atoms with Gasteiger partial charge in [0, 0.05) is 19.1 Å². The third kappa shape index (κ3) is 8.29. The van der Waals surface area contributed by atoms with Crippen LogP contribution in [0.5, 0.6) is 0 Å². The minimum Gasteiger partial charge on any atom is -0.462 e. The molecule has 0 aliphatic heterocycles. The van der Waals surface area contributed by atoms with Gasteiger partial charge >= 0.3 is 5.97 Å². The van der Waals surface area contributed by atoms with E-state index < -0.39 is 0 Å². The van der Waals surface area contributed by atoms with E-state index in [0.717, 1.165) is 54.8 Å². The zero-order valence-electron chi connectivity index (χ0n) is 28.4. The number of alkyl halides is 1. The van der Waals surface area contributed by atoms with Crippen LogP contribution in [0.15, 0.2) is 11.6 Å². The summed E-state index contributed by atoms with van der Waals surface area (Å²) in [6.45, 7) is 16.9. The van der Waals surface area contributed by atoms with E-state index in [1.807, 2.05) is 13.8 Å². The summed E-state index contributed by atoms with van der Waals surface area (Å²) in [5.41, 5.74) is 2.36. The van der Waals surface area contributed by atoms with Gasteiger partial charge in [-0.3, -0.25) is 9.59 Å². The van der Waals surface area contributed by atoms with Gasteiger partial charge in [-0.05, 0) is 112 Å². The number of halogens is 1. The molecule has 6 heteroatoms. The number of carbonyl (C=O) groups is 2. The molecule has 0 saturated heterocycles. The highest BCUT2D eigenvalue weighted by Gasteiger charge is 2.59. The zero-order chi connectivity index (χ0) is 31.4. The molecule has 0 radical (unpaired) electrons. The second-order valence-corrected chi connectivity index (χ2v) is 16.5. The molecule has 0 bridgehead atoms. The third-order valence-corrected chi connectivity index (χ3v) is 13.0. The van der Waals surface area contributed by atoms with E-state index in [2.05, 4.69) is 61.9 Å². The lowest BCUT2D eigenvalue weighted by atomic mass is 9.47. The lowest BCUT2D eigenvalue weighted by molar-refractivity contribution is -0.154. The molecule has 43 heavy (non-hydrogen) atoms. The quantitative estimate of drug-likeness (QED) is 0.114. The van der Waals surface area contributed by atoms with Crippen molar-refractivity contribution in [2.75, 3.05) is 11.9 Å². The molecule has 0 aromatic rings. The summed E-state index contributed by atoms with van der Waals surface area (Å²) >= 11 is 3.17. The van der Waals surface area contributed by atoms with Gasteiger partial charge in [0.2, 0.25) is 5.91 Å². The number of fused-ring (bicyclic) bond motifs is 5. The largest absolute Gasteiger partial charge is 0.462 e. The van der Waals surface area contributed by atoms with E-state index in [1.165, 1.54) is 51.4 Å². The van der Waals surface area contributed by atoms with Crippen LogP contribution in [-0.4, -0.2) is 42.1 Å². The summed E-state index contributed by atoms with van der Waals surface area (Å²) < 4.78 is 11.9. The summed E-state index contributed by atoms with van der Waals surface area (Å²) in [5.74, 6) is 4.88. The van der Waals surface area contributed by atoms with Crippen molar-refractivity contribution in [1.82, 2.24) is 5.32 Å². The Balaban J connectivity index is 1.27. The average molecular weight is 665 g/mol. The van der Waals surface area contributed by atoms with Gasteiger partial charge in [0.25, 0.3) is 0 Å². The Morgan fingerprint density at radius 2 is 1.77 bits per heavy atom. The topological polar surface area (TPSA) is 64.6 Å². The number of hydrogen-bond acceptors (Lipinski definition) is 4. The van der Waals surface area contributed by atoms with Gasteiger partial charge in [-0.2, -0.15) is 0 Å². The van der Waals surface area contributed by atoms with Gasteiger partial charge in [0.15, 0.2) is 0 Å². The van der Waals surface area contributed by atoms with E-state index in [1.54, 1.807) is 5.57 Å². The molecule has 246 valence electrons. The Kier molecular flexibility index (Phi) is 12.3. The molecule has 1 N–H and O–H groups in total. The van der Waals surface area contributed by atoms with Crippen molar-refractivity contribution in [1.29, 1.82) is 0 Å². The van der Waals surface area contributed by atoms with Gasteiger partial charge in [0.1, 0.15) is 6.10 Å². The van der Waals surface area contributed by atoms with E-state index in [-0.39, 0.29) is 42.0 Å². The third-order valence-electron chi connectivity index (χ3n) is 12.5. The summed E-state index contributed by atoms with van der Waals surface area (Å²) in [6.07, 6.45) is 17.4. The van der Waals surface area contributed by atoms with Crippen LogP contribution in [0, 0.1) is 46.3 Å². The predicted octanol–water partition coefficient (Wildman–Crippen LogP) is 9.02. The number of rotatable bonds is 14. The number of nitrogens with one attached hydrogen (secondary N) is 1. The van der Waals surface area contributed by atoms with Crippen LogP contribution in [0.1, 0.15) is 132 Å². The van der Waals surface area contributed by atoms with Crippen LogP contribution in [-0.2, 0) is 19.1 Å². The van der Waals surface area contributed by atoms with Crippen molar-refractivity contribution >= 4 is 27.8 Å². The van der Waals surface area contributed by atoms with Crippen molar-refractivity contribution in [2.45, 2.75) is 150 Å². The molecule has 3 saturated carbocycles. The summed E-state index contributed by atoms with van der Waals surface area (Å²) in [6, 6.07) is 0.0419. The number of ether oxygens (including phenoxy) is 2. The number of carbonyl (C=O) groups excluding carboxylic acids is 2. The Labute approximate surface area is 271 Å². The van der Waals surface area contributed by atoms with Crippen molar-refractivity contribution in [3.63, 3.8) is 0 Å². The molecule has 3 fully saturated rings. The lowest BCUT2D eigenvalue weighted by Crippen LogP contribution is -2.51. The Morgan fingerprint density at radius 3 is 2.49 bits per heavy atom. The first-order valence-electron chi connectivity index (χ1n) is 17.7. The van der Waals surface area contributed by atoms with E-state index in [9.17, 15) is 9.59 Å². The number of esters is 1. The van der Waals surface area contributed by atoms with Gasteiger partial charge < -0.3 is 14.8 Å². The molecule has 10 atom stereocenters. The maximum absolute atomic E-state index is 12.8. The fourth-order valence-corrected chi connectivity index (χ4v) is 10.3. The fourth-order valence-electron chi connectivity index (χ4n) is 10.1. The maximum Gasteiger partial charge on any atom is 0.308 e. The number of allylic oxidation sites excluding steroid dienone is 1. The molecule has 0 heterocycles. The second-order valence-electron chi connectivity index (χ2n) is 15.9. The normalized spacial score (nSPS) is 35.7. The lowest BCUT2D eigenvalue weighted by Gasteiger charge is -2.58. The first-order valence-corrected chi connectivity index (χ1v) is 18.8. The van der Waals surface area contributed by atoms with Crippen molar-refractivity contribution in [3.05, 3.63) is 11.6 Å². The van der Waals surface area contributed by atoms with Crippen molar-refractivity contribution in [2.24, 2.45) is 46.3 Å². The van der Waals surface area contributed by atoms with Crippen molar-refractivity contribution in [3.8, 4) is 0 Å². The van der Waals surface area contributed by atoms with Gasteiger partial charge in [-0.15, -0.1) is 0 Å². The highest BCUT2D eigenvalue weighted by atomic mass is 79.9. The SMILES string of the molecule is CC(C)CCCC(C)C1CCC2C3CC=C4CC(OC(=O)CC(C)OCCC(C)NC(=O)CBr)CCC4(C)C3CCC12C. The summed E-state index contributed by atoms with van der Waals surface area (Å²) in [7, 11) is 0. The zero-order valence-corrected chi connectivity index (χ0v) is 30.0. The Hall–Kier alpha value is -0.880.